The van der Waals surface area contributed by atoms with Crippen LogP contribution in [0.25, 0.3) is 0 Å². The summed E-state index contributed by atoms with van der Waals surface area (Å²) in [7, 11) is 1.73. The fourth-order valence-electron chi connectivity index (χ4n) is 3.47. The van der Waals surface area contributed by atoms with E-state index in [9.17, 15) is 0 Å². The molecular formula is C17H22N4O2. The number of nitrogens with one attached hydrogen (secondary N) is 1. The molecule has 23 heavy (non-hydrogen) atoms. The molecule has 1 aromatic heterocycles. The molecule has 6 heteroatoms. The summed E-state index contributed by atoms with van der Waals surface area (Å²) in [4.78, 5) is 4.27. The average Bonchev–Trinajstić information content (AvgIpc) is 3.15. The number of hydrogen-bond donors (Lipinski definition) is 1. The second-order valence-corrected chi connectivity index (χ2v) is 6.38. The lowest BCUT2D eigenvalue weighted by Gasteiger charge is -2.24. The maximum atomic E-state index is 5.87. The number of aryl methyl sites for hydroxylation is 1. The number of fused-ring (bicyclic) bond motifs is 2. The topological polar surface area (TPSA) is 61.2 Å². The summed E-state index contributed by atoms with van der Waals surface area (Å²) in [5, 5.41) is 7.89. The van der Waals surface area contributed by atoms with Gasteiger partial charge in [0, 0.05) is 36.6 Å². The maximum absolute atomic E-state index is 5.87. The number of ether oxygens (including phenoxy) is 2. The van der Waals surface area contributed by atoms with Crippen molar-refractivity contribution in [1.82, 2.24) is 20.1 Å². The molecule has 1 aromatic carbocycles. The van der Waals surface area contributed by atoms with Crippen molar-refractivity contribution in [1.29, 1.82) is 0 Å². The highest BCUT2D eigenvalue weighted by Gasteiger charge is 2.23. The van der Waals surface area contributed by atoms with E-state index in [0.717, 1.165) is 55.2 Å². The largest absolute Gasteiger partial charge is 0.496 e. The second-order valence-electron chi connectivity index (χ2n) is 6.38. The first-order chi connectivity index (χ1) is 11.2. The van der Waals surface area contributed by atoms with Gasteiger partial charge in [-0.25, -0.2) is 9.67 Å². The van der Waals surface area contributed by atoms with Crippen LogP contribution in [0, 0.1) is 0 Å². The first kappa shape index (κ1) is 14.5. The molecule has 2 aromatic rings. The molecule has 0 fully saturated rings. The molecule has 0 radical (unpaired) electrons. The van der Waals surface area contributed by atoms with Crippen molar-refractivity contribution in [3.05, 3.63) is 35.4 Å². The van der Waals surface area contributed by atoms with E-state index >= 15 is 0 Å². The van der Waals surface area contributed by atoms with Crippen LogP contribution in [0.1, 0.15) is 30.3 Å². The highest BCUT2D eigenvalue weighted by Crippen LogP contribution is 2.35. The molecule has 1 N–H and O–H groups in total. The van der Waals surface area contributed by atoms with Crippen molar-refractivity contribution < 1.29 is 9.47 Å². The SMILES string of the molecule is COc1cc2c(cc1CNC1CCc3ncnn3C1)OC(C)C2. The standard InChI is InChI=1S/C17H22N4O2/c1-11-5-12-6-15(22-2)13(7-16(12)23-11)8-18-14-3-4-17-19-10-20-21(17)9-14/h6-7,10-11,14,18H,3-5,8-9H2,1-2H3. The van der Waals surface area contributed by atoms with Gasteiger partial charge in [0.05, 0.1) is 13.7 Å². The Kier molecular flexibility index (Phi) is 3.69. The predicted molar refractivity (Wildman–Crippen MR) is 85.8 cm³/mol. The first-order valence-corrected chi connectivity index (χ1v) is 8.19. The third-order valence-corrected chi connectivity index (χ3v) is 4.69. The number of nitrogens with zero attached hydrogens (tertiary/aromatic N) is 3. The van der Waals surface area contributed by atoms with E-state index < -0.39 is 0 Å². The van der Waals surface area contributed by atoms with Crippen LogP contribution >= 0.6 is 0 Å². The van der Waals surface area contributed by atoms with Gasteiger partial charge >= 0.3 is 0 Å². The van der Waals surface area contributed by atoms with Crippen LogP contribution in [-0.4, -0.2) is 34.0 Å². The molecule has 2 aliphatic rings. The summed E-state index contributed by atoms with van der Waals surface area (Å²) in [5.74, 6) is 3.02. The predicted octanol–water partition coefficient (Wildman–Crippen LogP) is 1.71. The van der Waals surface area contributed by atoms with Gasteiger partial charge in [0.2, 0.25) is 0 Å². The molecular weight excluding hydrogens is 292 g/mol. The number of rotatable bonds is 4. The molecule has 2 aliphatic heterocycles. The van der Waals surface area contributed by atoms with Crippen LogP contribution < -0.4 is 14.8 Å². The molecule has 122 valence electrons. The number of hydrogen-bond acceptors (Lipinski definition) is 5. The van der Waals surface area contributed by atoms with Gasteiger partial charge in [0.1, 0.15) is 29.8 Å². The van der Waals surface area contributed by atoms with Gasteiger partial charge in [0.15, 0.2) is 0 Å². The number of methoxy groups -OCH3 is 1. The van der Waals surface area contributed by atoms with E-state index in [0.29, 0.717) is 6.04 Å². The Balaban J connectivity index is 1.46. The minimum atomic E-state index is 0.252. The minimum absolute atomic E-state index is 0.252. The summed E-state index contributed by atoms with van der Waals surface area (Å²) in [6.45, 7) is 3.74. The molecule has 0 amide bonds. The van der Waals surface area contributed by atoms with Gasteiger partial charge in [-0.15, -0.1) is 0 Å². The highest BCUT2D eigenvalue weighted by molar-refractivity contribution is 5.48. The van der Waals surface area contributed by atoms with Crippen molar-refractivity contribution >= 4 is 0 Å². The van der Waals surface area contributed by atoms with Crippen LogP contribution in [0.2, 0.25) is 0 Å². The van der Waals surface area contributed by atoms with Crippen molar-refractivity contribution in [2.75, 3.05) is 7.11 Å². The normalized spacial score (nSPS) is 22.3. The summed E-state index contributed by atoms with van der Waals surface area (Å²) >= 11 is 0. The molecule has 0 spiro atoms. The van der Waals surface area contributed by atoms with Gasteiger partial charge in [-0.2, -0.15) is 5.10 Å². The van der Waals surface area contributed by atoms with E-state index in [1.807, 2.05) is 4.68 Å². The van der Waals surface area contributed by atoms with Crippen LogP contribution in [0.3, 0.4) is 0 Å². The van der Waals surface area contributed by atoms with Gasteiger partial charge in [-0.3, -0.25) is 0 Å². The minimum Gasteiger partial charge on any atom is -0.496 e. The molecule has 4 rings (SSSR count). The van der Waals surface area contributed by atoms with Crippen LogP contribution in [0.4, 0.5) is 0 Å². The molecule has 6 nitrogen and oxygen atoms in total. The van der Waals surface area contributed by atoms with Crippen molar-refractivity contribution in [2.24, 2.45) is 0 Å². The molecule has 0 saturated heterocycles. The van der Waals surface area contributed by atoms with Crippen molar-refractivity contribution in [2.45, 2.75) is 51.4 Å². The fraction of sp³-hybridized carbons (Fsp3) is 0.529. The third kappa shape index (κ3) is 2.79. The lowest BCUT2D eigenvalue weighted by atomic mass is 10.0. The van der Waals surface area contributed by atoms with Gasteiger partial charge in [-0.1, -0.05) is 0 Å². The van der Waals surface area contributed by atoms with E-state index in [4.69, 9.17) is 9.47 Å². The van der Waals surface area contributed by atoms with Gasteiger partial charge in [0.25, 0.3) is 0 Å². The Hall–Kier alpha value is -2.08. The van der Waals surface area contributed by atoms with Crippen LogP contribution in [0.15, 0.2) is 18.5 Å². The average molecular weight is 314 g/mol. The maximum Gasteiger partial charge on any atom is 0.138 e. The van der Waals surface area contributed by atoms with Crippen molar-refractivity contribution in [3.8, 4) is 11.5 Å². The number of benzene rings is 1. The van der Waals surface area contributed by atoms with E-state index in [2.05, 4.69) is 34.5 Å². The molecule has 2 unspecified atom stereocenters. The Morgan fingerprint density at radius 1 is 1.43 bits per heavy atom. The highest BCUT2D eigenvalue weighted by atomic mass is 16.5. The molecule has 0 saturated carbocycles. The molecule has 2 atom stereocenters. The fourth-order valence-corrected chi connectivity index (χ4v) is 3.47. The second kappa shape index (κ2) is 5.85. The quantitative estimate of drug-likeness (QED) is 0.931. The zero-order valence-electron chi connectivity index (χ0n) is 13.6. The smallest absolute Gasteiger partial charge is 0.138 e. The summed E-state index contributed by atoms with van der Waals surface area (Å²) in [6, 6.07) is 4.64. The summed E-state index contributed by atoms with van der Waals surface area (Å²) in [5.41, 5.74) is 2.38. The first-order valence-electron chi connectivity index (χ1n) is 8.19. The van der Waals surface area contributed by atoms with E-state index in [-0.39, 0.29) is 6.10 Å². The molecule has 0 bridgehead atoms. The monoisotopic (exact) mass is 314 g/mol. The zero-order chi connectivity index (χ0) is 15.8. The lowest BCUT2D eigenvalue weighted by molar-refractivity contribution is 0.254. The number of aromatic nitrogens is 3. The molecule has 3 heterocycles. The summed E-state index contributed by atoms with van der Waals surface area (Å²) in [6.07, 6.45) is 4.90. The Labute approximate surface area is 135 Å². The zero-order valence-corrected chi connectivity index (χ0v) is 13.6. The van der Waals surface area contributed by atoms with Gasteiger partial charge < -0.3 is 14.8 Å². The lowest BCUT2D eigenvalue weighted by Crippen LogP contribution is -2.37. The Bertz CT molecular complexity index is 713. The molecule has 0 aliphatic carbocycles. The Morgan fingerprint density at radius 3 is 3.22 bits per heavy atom. The Morgan fingerprint density at radius 2 is 2.35 bits per heavy atom. The van der Waals surface area contributed by atoms with E-state index in [1.54, 1.807) is 13.4 Å². The van der Waals surface area contributed by atoms with Crippen LogP contribution in [0.5, 0.6) is 11.5 Å². The third-order valence-electron chi connectivity index (χ3n) is 4.69. The van der Waals surface area contributed by atoms with Crippen LogP contribution in [-0.2, 0) is 25.9 Å². The van der Waals surface area contributed by atoms with Crippen molar-refractivity contribution in [3.63, 3.8) is 0 Å². The summed E-state index contributed by atoms with van der Waals surface area (Å²) < 4.78 is 13.4. The van der Waals surface area contributed by atoms with Gasteiger partial charge in [-0.05, 0) is 25.5 Å². The van der Waals surface area contributed by atoms with E-state index in [1.165, 1.54) is 5.56 Å².